The van der Waals surface area contributed by atoms with Gasteiger partial charge >= 0.3 is 0 Å². The number of carbonyl (C=O) groups excluding carboxylic acids is 1. The van der Waals surface area contributed by atoms with Gasteiger partial charge in [-0.15, -0.1) is 0 Å². The van der Waals surface area contributed by atoms with E-state index in [0.29, 0.717) is 13.1 Å². The average molecular weight is 250 g/mol. The Morgan fingerprint density at radius 3 is 2.33 bits per heavy atom. The topological polar surface area (TPSA) is 66.6 Å². The minimum Gasteiger partial charge on any atom is -0.389 e. The number of likely N-dealkylation sites (N-methyl/N-ethyl adjacent to an activating group) is 1. The zero-order chi connectivity index (χ0) is 13.8. The summed E-state index contributed by atoms with van der Waals surface area (Å²) in [5, 5.41) is 9.90. The molecular formula is C14H22N2O2. The standard InChI is InChI=1S/C14H22N2O2/c1-4-16(10-14(2,3)18)12(13(15)17)11-8-6-5-7-9-11/h5-9,12,18H,4,10H2,1-3H3,(H2,15,17)/t12-/m0/s1. The van der Waals surface area contributed by atoms with Crippen molar-refractivity contribution in [3.05, 3.63) is 35.9 Å². The lowest BCUT2D eigenvalue weighted by Crippen LogP contribution is -2.45. The van der Waals surface area contributed by atoms with Crippen molar-refractivity contribution in [3.63, 3.8) is 0 Å². The Morgan fingerprint density at radius 2 is 1.94 bits per heavy atom. The molecule has 0 fully saturated rings. The minimum atomic E-state index is -0.863. The van der Waals surface area contributed by atoms with Crippen LogP contribution in [0.1, 0.15) is 32.4 Å². The molecule has 0 saturated carbocycles. The molecule has 1 rings (SSSR count). The molecule has 0 heterocycles. The summed E-state index contributed by atoms with van der Waals surface area (Å²) in [5.74, 6) is -0.396. The normalized spacial score (nSPS) is 13.6. The van der Waals surface area contributed by atoms with Crippen LogP contribution in [0.5, 0.6) is 0 Å². The third-order valence-electron chi connectivity index (χ3n) is 2.75. The van der Waals surface area contributed by atoms with Crippen LogP contribution in [0.25, 0.3) is 0 Å². The Bertz CT molecular complexity index is 385. The number of aliphatic hydroxyl groups is 1. The lowest BCUT2D eigenvalue weighted by molar-refractivity contribution is -0.124. The quantitative estimate of drug-likeness (QED) is 0.800. The predicted molar refractivity (Wildman–Crippen MR) is 71.9 cm³/mol. The zero-order valence-electron chi connectivity index (χ0n) is 11.3. The van der Waals surface area contributed by atoms with Gasteiger partial charge in [0.05, 0.1) is 5.60 Å². The van der Waals surface area contributed by atoms with E-state index in [2.05, 4.69) is 0 Å². The van der Waals surface area contributed by atoms with Crippen LogP contribution in [0.4, 0.5) is 0 Å². The molecule has 1 aromatic rings. The second-order valence-electron chi connectivity index (χ2n) is 5.09. The fourth-order valence-corrected chi connectivity index (χ4v) is 2.07. The van der Waals surface area contributed by atoms with Crippen LogP contribution < -0.4 is 5.73 Å². The molecule has 0 radical (unpaired) electrons. The third kappa shape index (κ3) is 4.13. The first-order chi connectivity index (χ1) is 8.35. The fourth-order valence-electron chi connectivity index (χ4n) is 2.07. The van der Waals surface area contributed by atoms with Crippen LogP contribution in [0, 0.1) is 0 Å². The van der Waals surface area contributed by atoms with Gasteiger partial charge in [0.15, 0.2) is 0 Å². The van der Waals surface area contributed by atoms with Gasteiger partial charge in [0.1, 0.15) is 6.04 Å². The highest BCUT2D eigenvalue weighted by Gasteiger charge is 2.28. The Labute approximate surface area is 108 Å². The molecule has 0 unspecified atom stereocenters. The first-order valence-corrected chi connectivity index (χ1v) is 6.16. The lowest BCUT2D eigenvalue weighted by Gasteiger charge is -2.33. The van der Waals surface area contributed by atoms with Crippen LogP contribution >= 0.6 is 0 Å². The summed E-state index contributed by atoms with van der Waals surface area (Å²) in [7, 11) is 0. The van der Waals surface area contributed by atoms with Gasteiger partial charge in [-0.2, -0.15) is 0 Å². The molecule has 0 aliphatic heterocycles. The van der Waals surface area contributed by atoms with Crippen molar-refractivity contribution < 1.29 is 9.90 Å². The Morgan fingerprint density at radius 1 is 1.39 bits per heavy atom. The van der Waals surface area contributed by atoms with E-state index in [1.54, 1.807) is 13.8 Å². The molecule has 3 N–H and O–H groups in total. The molecule has 0 aromatic heterocycles. The van der Waals surface area contributed by atoms with Gasteiger partial charge in [-0.05, 0) is 26.0 Å². The number of nitrogens with zero attached hydrogens (tertiary/aromatic N) is 1. The predicted octanol–water partition coefficient (Wildman–Crippen LogP) is 1.31. The minimum absolute atomic E-state index is 0.395. The largest absolute Gasteiger partial charge is 0.389 e. The highest BCUT2D eigenvalue weighted by Crippen LogP contribution is 2.22. The van der Waals surface area contributed by atoms with E-state index in [0.717, 1.165) is 5.56 Å². The molecule has 18 heavy (non-hydrogen) atoms. The van der Waals surface area contributed by atoms with Crippen molar-refractivity contribution in [1.82, 2.24) is 4.90 Å². The number of benzene rings is 1. The number of rotatable bonds is 6. The van der Waals surface area contributed by atoms with Gasteiger partial charge < -0.3 is 10.8 Å². The SMILES string of the molecule is CCN(CC(C)(C)O)[C@H](C(N)=O)c1ccccc1. The van der Waals surface area contributed by atoms with E-state index in [1.165, 1.54) is 0 Å². The van der Waals surface area contributed by atoms with Gasteiger partial charge in [0.2, 0.25) is 5.91 Å². The zero-order valence-corrected chi connectivity index (χ0v) is 11.3. The molecule has 0 bridgehead atoms. The van der Waals surface area contributed by atoms with Crippen LogP contribution in [-0.2, 0) is 4.79 Å². The molecule has 4 heteroatoms. The van der Waals surface area contributed by atoms with E-state index < -0.39 is 17.6 Å². The lowest BCUT2D eigenvalue weighted by atomic mass is 10.0. The maximum Gasteiger partial charge on any atom is 0.239 e. The van der Waals surface area contributed by atoms with Crippen molar-refractivity contribution in [2.75, 3.05) is 13.1 Å². The molecule has 0 saturated heterocycles. The number of carbonyl (C=O) groups is 1. The number of nitrogens with two attached hydrogens (primary N) is 1. The highest BCUT2D eigenvalue weighted by molar-refractivity contribution is 5.81. The molecule has 0 spiro atoms. The van der Waals surface area contributed by atoms with E-state index in [9.17, 15) is 9.90 Å². The van der Waals surface area contributed by atoms with Gasteiger partial charge in [-0.1, -0.05) is 37.3 Å². The number of hydrogen-bond donors (Lipinski definition) is 2. The molecule has 1 atom stereocenters. The summed E-state index contributed by atoms with van der Waals surface area (Å²) in [6.45, 7) is 6.43. The summed E-state index contributed by atoms with van der Waals surface area (Å²) in [4.78, 5) is 13.6. The Balaban J connectivity index is 3.00. The van der Waals surface area contributed by atoms with E-state index in [-0.39, 0.29) is 0 Å². The third-order valence-corrected chi connectivity index (χ3v) is 2.75. The first kappa shape index (κ1) is 14.7. The molecule has 1 amide bonds. The van der Waals surface area contributed by atoms with Gasteiger partial charge in [-0.25, -0.2) is 0 Å². The van der Waals surface area contributed by atoms with E-state index >= 15 is 0 Å². The van der Waals surface area contributed by atoms with Crippen molar-refractivity contribution in [2.45, 2.75) is 32.4 Å². The number of amides is 1. The van der Waals surface area contributed by atoms with Crippen molar-refractivity contribution in [3.8, 4) is 0 Å². The van der Waals surface area contributed by atoms with Crippen molar-refractivity contribution in [2.24, 2.45) is 5.73 Å². The molecular weight excluding hydrogens is 228 g/mol. The van der Waals surface area contributed by atoms with Crippen LogP contribution in [0.15, 0.2) is 30.3 Å². The van der Waals surface area contributed by atoms with Crippen molar-refractivity contribution >= 4 is 5.91 Å². The Kier molecular flexibility index (Phi) is 4.87. The molecule has 100 valence electrons. The van der Waals surface area contributed by atoms with Gasteiger partial charge in [0, 0.05) is 6.54 Å². The van der Waals surface area contributed by atoms with Gasteiger partial charge in [0.25, 0.3) is 0 Å². The van der Waals surface area contributed by atoms with E-state index in [1.807, 2.05) is 42.2 Å². The van der Waals surface area contributed by atoms with Crippen molar-refractivity contribution in [1.29, 1.82) is 0 Å². The summed E-state index contributed by atoms with van der Waals surface area (Å²) in [6.07, 6.45) is 0. The second-order valence-corrected chi connectivity index (χ2v) is 5.09. The summed E-state index contributed by atoms with van der Waals surface area (Å²) in [6, 6.07) is 8.91. The molecule has 1 aromatic carbocycles. The van der Waals surface area contributed by atoms with Crippen LogP contribution in [0.3, 0.4) is 0 Å². The Hall–Kier alpha value is -1.39. The molecule has 0 aliphatic rings. The summed E-state index contributed by atoms with van der Waals surface area (Å²) in [5.41, 5.74) is 5.50. The first-order valence-electron chi connectivity index (χ1n) is 6.16. The maximum atomic E-state index is 11.7. The summed E-state index contributed by atoms with van der Waals surface area (Å²) >= 11 is 0. The summed E-state index contributed by atoms with van der Waals surface area (Å²) < 4.78 is 0. The average Bonchev–Trinajstić information content (AvgIpc) is 2.27. The monoisotopic (exact) mass is 250 g/mol. The van der Waals surface area contributed by atoms with Crippen LogP contribution in [0.2, 0.25) is 0 Å². The fraction of sp³-hybridized carbons (Fsp3) is 0.500. The number of hydrogen-bond acceptors (Lipinski definition) is 3. The van der Waals surface area contributed by atoms with Crippen LogP contribution in [-0.4, -0.2) is 34.6 Å². The number of primary amides is 1. The molecule has 4 nitrogen and oxygen atoms in total. The highest BCUT2D eigenvalue weighted by atomic mass is 16.3. The second kappa shape index (κ2) is 5.98. The smallest absolute Gasteiger partial charge is 0.239 e. The maximum absolute atomic E-state index is 11.7. The molecule has 0 aliphatic carbocycles. The van der Waals surface area contributed by atoms with Gasteiger partial charge in [-0.3, -0.25) is 9.69 Å². The van der Waals surface area contributed by atoms with E-state index in [4.69, 9.17) is 5.73 Å².